The number of benzene rings is 1. The van der Waals surface area contributed by atoms with E-state index in [4.69, 9.17) is 16.0 Å². The summed E-state index contributed by atoms with van der Waals surface area (Å²) in [5, 5.41) is 4.38. The molecule has 0 unspecified atom stereocenters. The molecule has 1 N–H and O–H groups in total. The molecule has 4 rings (SSSR count). The molecule has 1 aromatic carbocycles. The number of nitrogens with zero attached hydrogens (tertiary/aromatic N) is 3. The molecule has 3 heterocycles. The van der Waals surface area contributed by atoms with Crippen LogP contribution in [0.4, 0.5) is 0 Å². The summed E-state index contributed by atoms with van der Waals surface area (Å²) < 4.78 is 38.4. The molecule has 132 valence electrons. The van der Waals surface area contributed by atoms with Crippen LogP contribution < -0.4 is 35.1 Å². The maximum Gasteiger partial charge on any atom is 1.00 e. The van der Waals surface area contributed by atoms with Gasteiger partial charge in [0.1, 0.15) is 23.1 Å². The van der Waals surface area contributed by atoms with Crippen LogP contribution in [0.5, 0.6) is 0 Å². The normalized spacial score (nSPS) is 12.1. The molecular formula is C15H8ClN4NaO5S. The first-order valence-corrected chi connectivity index (χ1v) is 8.90. The number of hydrogen-bond donors (Lipinski definition) is 1. The van der Waals surface area contributed by atoms with Gasteiger partial charge in [0.2, 0.25) is 5.09 Å². The van der Waals surface area contributed by atoms with Crippen LogP contribution in [0.3, 0.4) is 0 Å². The summed E-state index contributed by atoms with van der Waals surface area (Å²) in [5.74, 6) is -0.00477. The molecule has 0 atom stereocenters. The van der Waals surface area contributed by atoms with E-state index in [1.165, 1.54) is 12.4 Å². The van der Waals surface area contributed by atoms with Gasteiger partial charge >= 0.3 is 29.6 Å². The number of fused-ring (bicyclic) bond motifs is 3. The summed E-state index contributed by atoms with van der Waals surface area (Å²) in [6.07, 6.45) is 2.31. The van der Waals surface area contributed by atoms with E-state index >= 15 is 0 Å². The molecule has 0 aliphatic carbocycles. The third-order valence-electron chi connectivity index (χ3n) is 3.61. The Morgan fingerprint density at radius 2 is 2.07 bits per heavy atom. The van der Waals surface area contributed by atoms with Gasteiger partial charge in [0.15, 0.2) is 10.1 Å². The first-order chi connectivity index (χ1) is 12.3. The second-order valence-corrected chi connectivity index (χ2v) is 7.04. The molecule has 27 heavy (non-hydrogen) atoms. The number of hydrogen-bond acceptors (Lipinski definition) is 7. The van der Waals surface area contributed by atoms with Gasteiger partial charge in [-0.1, -0.05) is 11.6 Å². The van der Waals surface area contributed by atoms with Gasteiger partial charge in [-0.2, -0.15) is 9.78 Å². The molecule has 0 aliphatic heterocycles. The molecular weight excluding hydrogens is 407 g/mol. The van der Waals surface area contributed by atoms with Gasteiger partial charge in [-0.3, -0.25) is 4.79 Å². The number of nitrogens with one attached hydrogen (secondary N) is 1. The maximum absolute atomic E-state index is 12.5. The number of halogens is 1. The molecule has 3 aromatic heterocycles. The van der Waals surface area contributed by atoms with Gasteiger partial charge in [-0.25, -0.2) is 13.4 Å². The molecule has 0 saturated heterocycles. The van der Waals surface area contributed by atoms with Crippen molar-refractivity contribution >= 4 is 49.9 Å². The monoisotopic (exact) mass is 414 g/mol. The fourth-order valence-electron chi connectivity index (χ4n) is 2.46. The van der Waals surface area contributed by atoms with Gasteiger partial charge in [0.25, 0.3) is 5.56 Å². The minimum absolute atomic E-state index is 0. The number of aromatic amines is 1. The Labute approximate surface area is 178 Å². The van der Waals surface area contributed by atoms with Crippen molar-refractivity contribution in [1.82, 2.24) is 14.6 Å². The molecule has 12 heteroatoms. The van der Waals surface area contributed by atoms with Crippen LogP contribution in [-0.2, 0) is 10.1 Å². The summed E-state index contributed by atoms with van der Waals surface area (Å²) in [5.41, 5.74) is 0.926. The van der Waals surface area contributed by atoms with Crippen molar-refractivity contribution < 1.29 is 46.9 Å². The zero-order valence-electron chi connectivity index (χ0n) is 13.7. The van der Waals surface area contributed by atoms with Crippen LogP contribution in [-0.4, -0.2) is 33.8 Å². The van der Waals surface area contributed by atoms with Crippen molar-refractivity contribution in [2.24, 2.45) is 5.10 Å². The van der Waals surface area contributed by atoms with E-state index in [1.54, 1.807) is 18.2 Å². The average molecular weight is 415 g/mol. The van der Waals surface area contributed by atoms with Crippen molar-refractivity contribution in [2.45, 2.75) is 5.09 Å². The Hall–Kier alpha value is -1.95. The summed E-state index contributed by atoms with van der Waals surface area (Å²) >= 11 is 5.97. The zero-order valence-corrected chi connectivity index (χ0v) is 17.3. The molecule has 0 amide bonds. The Morgan fingerprint density at radius 1 is 1.30 bits per heavy atom. The number of H-pyrrole nitrogens is 1. The standard InChI is InChI=1S/C15H9ClN4O5S.Na/c16-8-1-3-11-10(5-8)13-14(19-11)15(21)20(7-17-13)18-6-9-2-4-12(25-9)26(22,23)24;/h1-7,19H,(H,22,23,24);/q;+1/p-1. The molecule has 4 aromatic rings. The maximum atomic E-state index is 12.5. The van der Waals surface area contributed by atoms with Gasteiger partial charge in [-0.15, -0.1) is 0 Å². The largest absolute Gasteiger partial charge is 1.00 e. The molecule has 0 saturated carbocycles. The fraction of sp³-hybridized carbons (Fsp3) is 0. The van der Waals surface area contributed by atoms with Crippen LogP contribution in [0, 0.1) is 0 Å². The van der Waals surface area contributed by atoms with E-state index in [0.29, 0.717) is 21.4 Å². The Bertz CT molecular complexity index is 1360. The first-order valence-electron chi connectivity index (χ1n) is 7.11. The number of rotatable bonds is 3. The third kappa shape index (κ3) is 3.72. The van der Waals surface area contributed by atoms with Crippen molar-refractivity contribution in [3.05, 3.63) is 57.8 Å². The van der Waals surface area contributed by atoms with Crippen LogP contribution in [0.15, 0.2) is 56.1 Å². The fourth-order valence-corrected chi connectivity index (χ4v) is 3.06. The van der Waals surface area contributed by atoms with Crippen LogP contribution in [0.25, 0.3) is 21.9 Å². The number of furan rings is 1. The van der Waals surface area contributed by atoms with Gasteiger partial charge in [0.05, 0.1) is 6.21 Å². The average Bonchev–Trinajstić information content (AvgIpc) is 3.19. The van der Waals surface area contributed by atoms with E-state index < -0.39 is 20.8 Å². The third-order valence-corrected chi connectivity index (χ3v) is 4.56. The summed E-state index contributed by atoms with van der Waals surface area (Å²) in [4.78, 5) is 19.7. The zero-order chi connectivity index (χ0) is 18.5. The quantitative estimate of drug-likeness (QED) is 0.257. The minimum Gasteiger partial charge on any atom is -0.742 e. The van der Waals surface area contributed by atoms with E-state index in [-0.39, 0.29) is 40.8 Å². The Balaban J connectivity index is 0.00000210. The van der Waals surface area contributed by atoms with Crippen LogP contribution in [0.1, 0.15) is 5.76 Å². The Morgan fingerprint density at radius 3 is 2.78 bits per heavy atom. The molecule has 0 bridgehead atoms. The van der Waals surface area contributed by atoms with Crippen molar-refractivity contribution in [1.29, 1.82) is 0 Å². The minimum atomic E-state index is -4.70. The first kappa shape index (κ1) is 19.8. The van der Waals surface area contributed by atoms with E-state index in [9.17, 15) is 17.8 Å². The van der Waals surface area contributed by atoms with Crippen LogP contribution >= 0.6 is 11.6 Å². The predicted octanol–water partition coefficient (Wildman–Crippen LogP) is -1.09. The molecule has 0 spiro atoms. The van der Waals surface area contributed by atoms with E-state index in [2.05, 4.69) is 15.1 Å². The molecule has 0 radical (unpaired) electrons. The molecule has 9 nitrogen and oxygen atoms in total. The van der Waals surface area contributed by atoms with Gasteiger partial charge in [-0.05, 0) is 30.3 Å². The second kappa shape index (κ2) is 7.23. The van der Waals surface area contributed by atoms with Gasteiger partial charge in [0, 0.05) is 15.9 Å². The van der Waals surface area contributed by atoms with Crippen LogP contribution in [0.2, 0.25) is 5.02 Å². The Kier molecular flexibility index (Phi) is 5.30. The van der Waals surface area contributed by atoms with Gasteiger partial charge < -0.3 is 14.0 Å². The topological polar surface area (TPSA) is 133 Å². The van der Waals surface area contributed by atoms with E-state index in [1.807, 2.05) is 0 Å². The van der Waals surface area contributed by atoms with Crippen molar-refractivity contribution in [2.75, 3.05) is 0 Å². The second-order valence-electron chi connectivity index (χ2n) is 5.29. The molecule has 0 fully saturated rings. The predicted molar refractivity (Wildman–Crippen MR) is 92.5 cm³/mol. The summed E-state index contributed by atoms with van der Waals surface area (Å²) in [6, 6.07) is 7.38. The number of aromatic nitrogens is 3. The van der Waals surface area contributed by atoms with E-state index in [0.717, 1.165) is 17.0 Å². The summed E-state index contributed by atoms with van der Waals surface area (Å²) in [7, 11) is -4.70. The molecule has 0 aliphatic rings. The SMILES string of the molecule is O=c1c2[nH]c3ccc(Cl)cc3c2ncn1N=Cc1ccc(S(=O)(=O)[O-])o1.[Na+]. The van der Waals surface area contributed by atoms with Crippen molar-refractivity contribution in [3.8, 4) is 0 Å². The summed E-state index contributed by atoms with van der Waals surface area (Å²) in [6.45, 7) is 0. The smallest absolute Gasteiger partial charge is 0.742 e. The van der Waals surface area contributed by atoms with Crippen molar-refractivity contribution in [3.63, 3.8) is 0 Å².